The predicted octanol–water partition coefficient (Wildman–Crippen LogP) is 2.46. The highest BCUT2D eigenvalue weighted by Gasteiger charge is 2.03. The van der Waals surface area contributed by atoms with E-state index in [1.807, 2.05) is 7.05 Å². The van der Waals surface area contributed by atoms with Crippen LogP contribution in [0.5, 0.6) is 0 Å². The number of rotatable bonds is 4. The second kappa shape index (κ2) is 5.49. The highest BCUT2D eigenvalue weighted by Crippen LogP contribution is 2.16. The summed E-state index contributed by atoms with van der Waals surface area (Å²) in [7, 11) is 3.89. The van der Waals surface area contributed by atoms with E-state index in [1.165, 1.54) is 11.3 Å². The number of nitrogens with zero attached hydrogens (tertiary/aromatic N) is 3. The normalized spacial score (nSPS) is 10.2. The van der Waals surface area contributed by atoms with Crippen LogP contribution in [0.1, 0.15) is 11.3 Å². The molecule has 0 fully saturated rings. The maximum atomic E-state index is 4.37. The quantitative estimate of drug-likeness (QED) is 0.894. The van der Waals surface area contributed by atoms with Gasteiger partial charge in [0, 0.05) is 19.8 Å². The molecule has 2 aromatic rings. The van der Waals surface area contributed by atoms with Gasteiger partial charge in [-0.2, -0.15) is 0 Å². The molecule has 0 bridgehead atoms. The van der Waals surface area contributed by atoms with Gasteiger partial charge in [0.1, 0.15) is 5.82 Å². The molecule has 4 nitrogen and oxygen atoms in total. The Morgan fingerprint density at radius 3 is 2.67 bits per heavy atom. The average Bonchev–Trinajstić information content (AvgIpc) is 2.39. The molecule has 0 aliphatic heterocycles. The second-order valence-corrected chi connectivity index (χ2v) is 4.34. The van der Waals surface area contributed by atoms with Crippen LogP contribution < -0.4 is 10.2 Å². The van der Waals surface area contributed by atoms with E-state index in [-0.39, 0.29) is 0 Å². The maximum Gasteiger partial charge on any atom is 0.144 e. The van der Waals surface area contributed by atoms with E-state index >= 15 is 0 Å². The molecule has 2 rings (SSSR count). The molecular weight excluding hydrogens is 224 g/mol. The van der Waals surface area contributed by atoms with Crippen LogP contribution in [-0.2, 0) is 6.54 Å². The van der Waals surface area contributed by atoms with Crippen LogP contribution in [0, 0.1) is 6.92 Å². The minimum atomic E-state index is 0.750. The van der Waals surface area contributed by atoms with Crippen molar-refractivity contribution in [2.75, 3.05) is 24.3 Å². The van der Waals surface area contributed by atoms with Gasteiger partial charge >= 0.3 is 0 Å². The van der Waals surface area contributed by atoms with Crippen LogP contribution in [0.2, 0.25) is 0 Å². The first kappa shape index (κ1) is 12.4. The van der Waals surface area contributed by atoms with Gasteiger partial charge in [-0.05, 0) is 24.6 Å². The van der Waals surface area contributed by atoms with Crippen LogP contribution in [0.25, 0.3) is 0 Å². The number of aryl methyl sites for hydroxylation is 1. The zero-order valence-electron chi connectivity index (χ0n) is 11.0. The molecule has 0 spiro atoms. The third kappa shape index (κ3) is 2.97. The van der Waals surface area contributed by atoms with Crippen LogP contribution in [0.3, 0.4) is 0 Å². The topological polar surface area (TPSA) is 41.1 Å². The van der Waals surface area contributed by atoms with Gasteiger partial charge in [0.05, 0.1) is 24.6 Å². The fourth-order valence-corrected chi connectivity index (χ4v) is 1.77. The number of aromatic nitrogens is 2. The Morgan fingerprint density at radius 1 is 1.22 bits per heavy atom. The SMILES string of the molecule is CNc1cnc(CN(C)c2cccc(C)c2)cn1. The van der Waals surface area contributed by atoms with E-state index in [0.29, 0.717) is 0 Å². The summed E-state index contributed by atoms with van der Waals surface area (Å²) in [5.41, 5.74) is 3.41. The van der Waals surface area contributed by atoms with Gasteiger partial charge in [-0.1, -0.05) is 12.1 Å². The molecule has 1 heterocycles. The molecule has 18 heavy (non-hydrogen) atoms. The molecule has 0 radical (unpaired) electrons. The van der Waals surface area contributed by atoms with Gasteiger partial charge < -0.3 is 10.2 Å². The Balaban J connectivity index is 2.08. The van der Waals surface area contributed by atoms with Crippen molar-refractivity contribution in [1.29, 1.82) is 0 Å². The Hall–Kier alpha value is -2.10. The first-order valence-electron chi connectivity index (χ1n) is 5.95. The third-order valence-corrected chi connectivity index (χ3v) is 2.80. The molecule has 1 N–H and O–H groups in total. The van der Waals surface area contributed by atoms with E-state index in [2.05, 4.69) is 58.4 Å². The van der Waals surface area contributed by atoms with Crippen molar-refractivity contribution in [3.8, 4) is 0 Å². The summed E-state index contributed by atoms with van der Waals surface area (Å²) in [4.78, 5) is 10.8. The summed E-state index contributed by atoms with van der Waals surface area (Å²) in [5.74, 6) is 0.789. The minimum absolute atomic E-state index is 0.750. The Bertz CT molecular complexity index is 507. The highest BCUT2D eigenvalue weighted by atomic mass is 15.1. The summed E-state index contributed by atoms with van der Waals surface area (Å²) in [5, 5.41) is 2.96. The number of nitrogens with one attached hydrogen (secondary N) is 1. The van der Waals surface area contributed by atoms with Gasteiger partial charge in [0.2, 0.25) is 0 Å². The smallest absolute Gasteiger partial charge is 0.144 e. The lowest BCUT2D eigenvalue weighted by Crippen LogP contribution is -2.17. The van der Waals surface area contributed by atoms with E-state index in [9.17, 15) is 0 Å². The monoisotopic (exact) mass is 242 g/mol. The average molecular weight is 242 g/mol. The Labute approximate surface area is 108 Å². The zero-order chi connectivity index (χ0) is 13.0. The molecule has 0 aliphatic carbocycles. The number of benzene rings is 1. The number of anilines is 2. The van der Waals surface area contributed by atoms with E-state index in [4.69, 9.17) is 0 Å². The summed E-state index contributed by atoms with van der Waals surface area (Å²) in [6.07, 6.45) is 3.55. The molecule has 0 aliphatic rings. The highest BCUT2D eigenvalue weighted by molar-refractivity contribution is 5.47. The van der Waals surface area contributed by atoms with Crippen LogP contribution in [0.15, 0.2) is 36.7 Å². The van der Waals surface area contributed by atoms with Crippen molar-refractivity contribution in [1.82, 2.24) is 9.97 Å². The fraction of sp³-hybridized carbons (Fsp3) is 0.286. The Kier molecular flexibility index (Phi) is 3.77. The molecule has 1 aromatic heterocycles. The van der Waals surface area contributed by atoms with Crippen molar-refractivity contribution in [2.24, 2.45) is 0 Å². The second-order valence-electron chi connectivity index (χ2n) is 4.34. The first-order chi connectivity index (χ1) is 8.69. The van der Waals surface area contributed by atoms with E-state index in [0.717, 1.165) is 18.1 Å². The first-order valence-corrected chi connectivity index (χ1v) is 5.95. The van der Waals surface area contributed by atoms with Gasteiger partial charge in [-0.25, -0.2) is 4.98 Å². The van der Waals surface area contributed by atoms with Crippen LogP contribution in [-0.4, -0.2) is 24.1 Å². The summed E-state index contributed by atoms with van der Waals surface area (Å²) < 4.78 is 0. The van der Waals surface area contributed by atoms with Crippen molar-refractivity contribution < 1.29 is 0 Å². The summed E-state index contributed by atoms with van der Waals surface area (Å²) >= 11 is 0. The minimum Gasteiger partial charge on any atom is -0.372 e. The third-order valence-electron chi connectivity index (χ3n) is 2.80. The molecule has 1 aromatic carbocycles. The number of hydrogen-bond acceptors (Lipinski definition) is 4. The molecule has 0 saturated carbocycles. The lowest BCUT2D eigenvalue weighted by Gasteiger charge is -2.19. The van der Waals surface area contributed by atoms with Crippen molar-refractivity contribution in [3.63, 3.8) is 0 Å². The number of hydrogen-bond donors (Lipinski definition) is 1. The summed E-state index contributed by atoms with van der Waals surface area (Å²) in [6, 6.07) is 8.42. The lowest BCUT2D eigenvalue weighted by molar-refractivity contribution is 0.873. The van der Waals surface area contributed by atoms with E-state index in [1.54, 1.807) is 12.4 Å². The standard InChI is InChI=1S/C14H18N4/c1-11-5-4-6-13(7-11)18(3)10-12-8-17-14(15-2)9-16-12/h4-9H,10H2,1-3H3,(H,15,17). The molecule has 0 amide bonds. The van der Waals surface area contributed by atoms with E-state index < -0.39 is 0 Å². The Morgan fingerprint density at radius 2 is 2.06 bits per heavy atom. The van der Waals surface area contributed by atoms with Gasteiger partial charge in [0.25, 0.3) is 0 Å². The van der Waals surface area contributed by atoms with Crippen molar-refractivity contribution in [3.05, 3.63) is 47.9 Å². The van der Waals surface area contributed by atoms with Crippen molar-refractivity contribution >= 4 is 11.5 Å². The lowest BCUT2D eigenvalue weighted by atomic mass is 10.2. The maximum absolute atomic E-state index is 4.37. The van der Waals surface area contributed by atoms with Gasteiger partial charge in [0.15, 0.2) is 0 Å². The van der Waals surface area contributed by atoms with Gasteiger partial charge in [-0.3, -0.25) is 4.98 Å². The largest absolute Gasteiger partial charge is 0.372 e. The van der Waals surface area contributed by atoms with Crippen LogP contribution in [0.4, 0.5) is 11.5 Å². The predicted molar refractivity (Wildman–Crippen MR) is 74.9 cm³/mol. The van der Waals surface area contributed by atoms with Gasteiger partial charge in [-0.15, -0.1) is 0 Å². The molecule has 0 atom stereocenters. The molecule has 4 heteroatoms. The van der Waals surface area contributed by atoms with Crippen molar-refractivity contribution in [2.45, 2.75) is 13.5 Å². The van der Waals surface area contributed by atoms with Crippen LogP contribution >= 0.6 is 0 Å². The molecular formula is C14H18N4. The molecule has 94 valence electrons. The molecule has 0 saturated heterocycles. The fourth-order valence-electron chi connectivity index (χ4n) is 1.77. The zero-order valence-corrected chi connectivity index (χ0v) is 11.0. The molecule has 0 unspecified atom stereocenters. The summed E-state index contributed by atoms with van der Waals surface area (Å²) in [6.45, 7) is 2.85.